The zero-order valence-electron chi connectivity index (χ0n) is 13.8. The number of pyridine rings is 1. The summed E-state index contributed by atoms with van der Waals surface area (Å²) in [5.41, 5.74) is 1.43. The smallest absolute Gasteiger partial charge is 0.241 e. The maximum atomic E-state index is 13.4. The highest BCUT2D eigenvalue weighted by atomic mass is 19.1. The zero-order valence-corrected chi connectivity index (χ0v) is 13.8. The second-order valence-electron chi connectivity index (χ2n) is 6.14. The summed E-state index contributed by atoms with van der Waals surface area (Å²) in [4.78, 5) is 19.0. The van der Waals surface area contributed by atoms with Crippen molar-refractivity contribution in [1.82, 2.24) is 9.88 Å². The summed E-state index contributed by atoms with van der Waals surface area (Å²) in [5, 5.41) is 11.7. The summed E-state index contributed by atoms with van der Waals surface area (Å²) in [6.07, 6.45) is 6.36. The molecule has 6 heteroatoms. The molecule has 0 spiro atoms. The molecular weight excluding hydrogens is 319 g/mol. The van der Waals surface area contributed by atoms with Crippen molar-refractivity contribution in [1.29, 1.82) is 5.26 Å². The van der Waals surface area contributed by atoms with Crippen LogP contribution in [0.25, 0.3) is 0 Å². The molecule has 5 nitrogen and oxygen atoms in total. The molecule has 1 aliphatic rings. The molecule has 2 heterocycles. The van der Waals surface area contributed by atoms with Crippen LogP contribution in [0, 0.1) is 17.1 Å². The number of carbonyl (C=O) groups is 1. The highest BCUT2D eigenvalue weighted by Gasteiger charge is 2.28. The zero-order chi connectivity index (χ0) is 17.6. The van der Waals surface area contributed by atoms with E-state index in [1.54, 1.807) is 12.3 Å². The average Bonchev–Trinajstić information content (AvgIpc) is 2.64. The first kappa shape index (κ1) is 17.1. The second-order valence-corrected chi connectivity index (χ2v) is 6.14. The third kappa shape index (κ3) is 4.20. The van der Waals surface area contributed by atoms with Crippen molar-refractivity contribution in [3.63, 3.8) is 0 Å². The van der Waals surface area contributed by atoms with Crippen LogP contribution in [0.3, 0.4) is 0 Å². The number of piperidine rings is 1. The van der Waals surface area contributed by atoms with Crippen LogP contribution in [0.5, 0.6) is 0 Å². The Hall–Kier alpha value is -2.78. The van der Waals surface area contributed by atoms with Gasteiger partial charge in [0.2, 0.25) is 5.91 Å². The van der Waals surface area contributed by atoms with Gasteiger partial charge in [-0.15, -0.1) is 0 Å². The Bertz CT molecular complexity index is 788. The third-order valence-electron chi connectivity index (χ3n) is 4.38. The first-order chi connectivity index (χ1) is 12.2. The number of benzene rings is 1. The summed E-state index contributed by atoms with van der Waals surface area (Å²) in [6.45, 7) is 1.51. The van der Waals surface area contributed by atoms with Crippen molar-refractivity contribution in [2.45, 2.75) is 31.8 Å². The van der Waals surface area contributed by atoms with Gasteiger partial charge in [-0.2, -0.15) is 5.26 Å². The molecule has 0 bridgehead atoms. The van der Waals surface area contributed by atoms with Crippen LogP contribution in [-0.2, 0) is 11.3 Å². The quantitative estimate of drug-likeness (QED) is 0.930. The summed E-state index contributed by atoms with van der Waals surface area (Å²) in [6, 6.07) is 9.46. The number of hydrogen-bond donors (Lipinski definition) is 1. The van der Waals surface area contributed by atoms with E-state index < -0.39 is 5.82 Å². The van der Waals surface area contributed by atoms with E-state index in [1.165, 1.54) is 18.2 Å². The van der Waals surface area contributed by atoms with Gasteiger partial charge in [0.1, 0.15) is 11.9 Å². The van der Waals surface area contributed by atoms with E-state index >= 15 is 0 Å². The Morgan fingerprint density at radius 3 is 3.04 bits per heavy atom. The highest BCUT2D eigenvalue weighted by Crippen LogP contribution is 2.22. The highest BCUT2D eigenvalue weighted by molar-refractivity contribution is 5.95. The number of nitrogens with one attached hydrogen (secondary N) is 1. The Kier molecular flexibility index (Phi) is 5.36. The molecule has 1 aliphatic heterocycles. The van der Waals surface area contributed by atoms with E-state index in [0.717, 1.165) is 31.4 Å². The largest absolute Gasteiger partial charge is 0.325 e. The molecule has 1 amide bonds. The van der Waals surface area contributed by atoms with Crippen molar-refractivity contribution in [3.05, 3.63) is 59.7 Å². The molecule has 0 aliphatic carbocycles. The predicted molar refractivity (Wildman–Crippen MR) is 92.0 cm³/mol. The number of rotatable bonds is 4. The molecule has 1 fully saturated rings. The summed E-state index contributed by atoms with van der Waals surface area (Å²) >= 11 is 0. The molecule has 1 aromatic heterocycles. The third-order valence-corrected chi connectivity index (χ3v) is 4.38. The number of amides is 1. The molecule has 1 N–H and O–H groups in total. The predicted octanol–water partition coefficient (Wildman–Crippen LogP) is 3.09. The Balaban J connectivity index is 1.71. The molecule has 0 unspecified atom stereocenters. The minimum Gasteiger partial charge on any atom is -0.325 e. The van der Waals surface area contributed by atoms with Crippen molar-refractivity contribution in [2.75, 3.05) is 11.9 Å². The number of nitriles is 1. The Morgan fingerprint density at radius 1 is 1.40 bits per heavy atom. The van der Waals surface area contributed by atoms with Gasteiger partial charge in [0.05, 0.1) is 11.6 Å². The second kappa shape index (κ2) is 7.86. The lowest BCUT2D eigenvalue weighted by molar-refractivity contribution is -0.122. The fourth-order valence-corrected chi connectivity index (χ4v) is 3.12. The lowest BCUT2D eigenvalue weighted by Crippen LogP contribution is -2.46. The lowest BCUT2D eigenvalue weighted by atomic mass is 10.0. The molecule has 128 valence electrons. The number of halogens is 1. The van der Waals surface area contributed by atoms with Gasteiger partial charge in [-0.3, -0.25) is 14.7 Å². The van der Waals surface area contributed by atoms with Crippen LogP contribution in [0.2, 0.25) is 0 Å². The molecule has 0 radical (unpaired) electrons. The number of hydrogen-bond acceptors (Lipinski definition) is 4. The van der Waals surface area contributed by atoms with Gasteiger partial charge in [0.25, 0.3) is 0 Å². The molecular formula is C19H19FN4O. The van der Waals surface area contributed by atoms with Gasteiger partial charge in [-0.25, -0.2) is 4.39 Å². The van der Waals surface area contributed by atoms with Crippen LogP contribution < -0.4 is 5.32 Å². The Morgan fingerprint density at radius 2 is 2.28 bits per heavy atom. The van der Waals surface area contributed by atoms with E-state index in [9.17, 15) is 9.18 Å². The van der Waals surface area contributed by atoms with Crippen molar-refractivity contribution < 1.29 is 9.18 Å². The van der Waals surface area contributed by atoms with Crippen molar-refractivity contribution >= 4 is 11.6 Å². The fraction of sp³-hybridized carbons (Fsp3) is 0.316. The molecule has 3 rings (SSSR count). The van der Waals surface area contributed by atoms with Crippen LogP contribution in [0.15, 0.2) is 42.7 Å². The maximum absolute atomic E-state index is 13.4. The molecule has 1 aromatic carbocycles. The summed E-state index contributed by atoms with van der Waals surface area (Å²) in [7, 11) is 0. The average molecular weight is 338 g/mol. The van der Waals surface area contributed by atoms with Crippen molar-refractivity contribution in [2.24, 2.45) is 0 Å². The number of aromatic nitrogens is 1. The van der Waals surface area contributed by atoms with Crippen LogP contribution in [0.4, 0.5) is 10.1 Å². The van der Waals surface area contributed by atoms with Gasteiger partial charge >= 0.3 is 0 Å². The number of likely N-dealkylation sites (tertiary alicyclic amines) is 1. The molecule has 1 saturated heterocycles. The molecule has 2 aromatic rings. The molecule has 25 heavy (non-hydrogen) atoms. The first-order valence-electron chi connectivity index (χ1n) is 8.31. The van der Waals surface area contributed by atoms with Gasteiger partial charge in [-0.1, -0.05) is 12.5 Å². The van der Waals surface area contributed by atoms with Crippen LogP contribution in [0.1, 0.15) is 30.4 Å². The topological polar surface area (TPSA) is 69.0 Å². The van der Waals surface area contributed by atoms with Crippen LogP contribution in [-0.4, -0.2) is 28.4 Å². The van der Waals surface area contributed by atoms with Gasteiger partial charge in [0, 0.05) is 24.6 Å². The van der Waals surface area contributed by atoms with E-state index in [4.69, 9.17) is 5.26 Å². The normalized spacial score (nSPS) is 17.7. The first-order valence-corrected chi connectivity index (χ1v) is 8.31. The van der Waals surface area contributed by atoms with Gasteiger partial charge in [-0.05, 0) is 49.2 Å². The summed E-state index contributed by atoms with van der Waals surface area (Å²) in [5.74, 6) is -0.713. The maximum Gasteiger partial charge on any atom is 0.241 e. The van der Waals surface area contributed by atoms with Crippen molar-refractivity contribution in [3.8, 4) is 6.07 Å². The molecule has 1 atom stereocenters. The SMILES string of the molecule is N#Cc1cc(NC(=O)[C@@H]2CCCCN2Cc2cccnc2)ccc1F. The van der Waals surface area contributed by atoms with E-state index in [0.29, 0.717) is 12.2 Å². The lowest BCUT2D eigenvalue weighted by Gasteiger charge is -2.34. The fourth-order valence-electron chi connectivity index (χ4n) is 3.12. The minimum atomic E-state index is -0.587. The number of carbonyl (C=O) groups excluding carboxylic acids is 1. The number of anilines is 1. The number of nitrogens with zero attached hydrogens (tertiary/aromatic N) is 3. The van der Waals surface area contributed by atoms with Crippen LogP contribution >= 0.6 is 0 Å². The monoisotopic (exact) mass is 338 g/mol. The van der Waals surface area contributed by atoms with E-state index in [-0.39, 0.29) is 17.5 Å². The Labute approximate surface area is 146 Å². The molecule has 0 saturated carbocycles. The van der Waals surface area contributed by atoms with E-state index in [2.05, 4.69) is 15.2 Å². The summed E-state index contributed by atoms with van der Waals surface area (Å²) < 4.78 is 13.4. The minimum absolute atomic E-state index is 0.0753. The standard InChI is InChI=1S/C19H19FN4O/c20-17-7-6-16(10-15(17)11-21)23-19(25)18-5-1-2-9-24(18)13-14-4-3-8-22-12-14/h3-4,6-8,10,12,18H,1-2,5,9,13H2,(H,23,25)/t18-/m0/s1. The van der Waals surface area contributed by atoms with E-state index in [1.807, 2.05) is 18.3 Å². The van der Waals surface area contributed by atoms with Gasteiger partial charge in [0.15, 0.2) is 0 Å². The van der Waals surface area contributed by atoms with Gasteiger partial charge < -0.3 is 5.32 Å².